The van der Waals surface area contributed by atoms with Crippen LogP contribution in [0, 0.1) is 5.92 Å². The second-order valence-electron chi connectivity index (χ2n) is 4.69. The molecule has 18 heavy (non-hydrogen) atoms. The van der Waals surface area contributed by atoms with Crippen molar-refractivity contribution >= 4 is 11.7 Å². The Morgan fingerprint density at radius 2 is 1.89 bits per heavy atom. The molecule has 0 amide bonds. The van der Waals surface area contributed by atoms with Gasteiger partial charge in [0.15, 0.2) is 0 Å². The van der Waals surface area contributed by atoms with Crippen molar-refractivity contribution in [1.29, 1.82) is 0 Å². The summed E-state index contributed by atoms with van der Waals surface area (Å²) in [5.41, 5.74) is 2.38. The molecule has 0 saturated carbocycles. The van der Waals surface area contributed by atoms with Crippen LogP contribution in [0.2, 0.25) is 0 Å². The molecule has 1 aromatic rings. The van der Waals surface area contributed by atoms with E-state index in [4.69, 9.17) is 4.74 Å². The maximum Gasteiger partial charge on any atom is 0.310 e. The largest absolute Gasteiger partial charge is 0.469 e. The normalized spacial score (nSPS) is 13.8. The lowest BCUT2D eigenvalue weighted by molar-refractivity contribution is -0.145. The van der Waals surface area contributed by atoms with Gasteiger partial charge in [0.25, 0.3) is 0 Å². The Hall–Kier alpha value is -1.51. The molecule has 0 heterocycles. The number of hydrogen-bond acceptors (Lipinski definition) is 3. The summed E-state index contributed by atoms with van der Waals surface area (Å²) < 4.78 is 4.74. The first-order chi connectivity index (χ1) is 8.58. The molecule has 0 aliphatic carbocycles. The minimum atomic E-state index is -0.183. The van der Waals surface area contributed by atoms with Crippen molar-refractivity contribution in [1.82, 2.24) is 0 Å². The molecule has 1 aromatic carbocycles. The number of esters is 1. The number of ether oxygens (including phenoxy) is 1. The van der Waals surface area contributed by atoms with E-state index in [9.17, 15) is 4.79 Å². The van der Waals surface area contributed by atoms with Crippen molar-refractivity contribution in [2.24, 2.45) is 5.92 Å². The summed E-state index contributed by atoms with van der Waals surface area (Å²) in [7, 11) is 1.42. The minimum Gasteiger partial charge on any atom is -0.469 e. The SMILES string of the molecule is CCCc1ccc(NC(C)C(C)C(=O)OC)cc1. The number of hydrogen-bond donors (Lipinski definition) is 1. The summed E-state index contributed by atoms with van der Waals surface area (Å²) in [6.45, 7) is 6.03. The van der Waals surface area contributed by atoms with Crippen LogP contribution in [0.3, 0.4) is 0 Å². The Morgan fingerprint density at radius 3 is 2.39 bits per heavy atom. The fourth-order valence-electron chi connectivity index (χ4n) is 1.83. The number of carbonyl (C=O) groups excluding carboxylic acids is 1. The summed E-state index contributed by atoms with van der Waals surface area (Å²) >= 11 is 0. The molecule has 3 nitrogen and oxygen atoms in total. The minimum absolute atomic E-state index is 0.0504. The third-order valence-corrected chi connectivity index (χ3v) is 3.21. The van der Waals surface area contributed by atoms with Gasteiger partial charge in [0, 0.05) is 11.7 Å². The molecule has 0 fully saturated rings. The second kappa shape index (κ2) is 7.04. The van der Waals surface area contributed by atoms with E-state index in [0.717, 1.165) is 18.5 Å². The second-order valence-corrected chi connectivity index (χ2v) is 4.69. The maximum atomic E-state index is 11.4. The standard InChI is InChI=1S/C15H23NO2/c1-5-6-13-7-9-14(10-8-13)16-12(3)11(2)15(17)18-4/h7-12,16H,5-6H2,1-4H3. The quantitative estimate of drug-likeness (QED) is 0.786. The lowest BCUT2D eigenvalue weighted by Gasteiger charge is -2.20. The van der Waals surface area contributed by atoms with E-state index >= 15 is 0 Å². The summed E-state index contributed by atoms with van der Waals surface area (Å²) in [5.74, 6) is -0.345. The van der Waals surface area contributed by atoms with E-state index < -0.39 is 0 Å². The molecule has 1 rings (SSSR count). The van der Waals surface area contributed by atoms with Gasteiger partial charge < -0.3 is 10.1 Å². The van der Waals surface area contributed by atoms with E-state index in [1.807, 2.05) is 13.8 Å². The fourth-order valence-corrected chi connectivity index (χ4v) is 1.83. The molecular weight excluding hydrogens is 226 g/mol. The summed E-state index contributed by atoms with van der Waals surface area (Å²) in [6.07, 6.45) is 2.26. The predicted molar refractivity (Wildman–Crippen MR) is 74.7 cm³/mol. The van der Waals surface area contributed by atoms with Crippen LogP contribution >= 0.6 is 0 Å². The highest BCUT2D eigenvalue weighted by Crippen LogP contribution is 2.15. The van der Waals surface area contributed by atoms with Gasteiger partial charge in [-0.05, 0) is 38.0 Å². The maximum absolute atomic E-state index is 11.4. The summed E-state index contributed by atoms with van der Waals surface area (Å²) in [5, 5.41) is 3.33. The van der Waals surface area contributed by atoms with Crippen LogP contribution in [0.25, 0.3) is 0 Å². The van der Waals surface area contributed by atoms with Crippen molar-refractivity contribution in [2.75, 3.05) is 12.4 Å². The van der Waals surface area contributed by atoms with Gasteiger partial charge >= 0.3 is 5.97 Å². The highest BCUT2D eigenvalue weighted by molar-refractivity contribution is 5.73. The Labute approximate surface area is 110 Å². The zero-order chi connectivity index (χ0) is 13.5. The van der Waals surface area contributed by atoms with Gasteiger partial charge in [-0.15, -0.1) is 0 Å². The van der Waals surface area contributed by atoms with Gasteiger partial charge in [0.1, 0.15) is 0 Å². The van der Waals surface area contributed by atoms with Crippen molar-refractivity contribution in [3.63, 3.8) is 0 Å². The Morgan fingerprint density at radius 1 is 1.28 bits per heavy atom. The first kappa shape index (κ1) is 14.6. The van der Waals surface area contributed by atoms with Crippen molar-refractivity contribution in [3.05, 3.63) is 29.8 Å². The zero-order valence-corrected chi connectivity index (χ0v) is 11.7. The van der Waals surface area contributed by atoms with E-state index in [1.54, 1.807) is 0 Å². The third-order valence-electron chi connectivity index (χ3n) is 3.21. The van der Waals surface area contributed by atoms with Crippen molar-refractivity contribution in [2.45, 2.75) is 39.7 Å². The van der Waals surface area contributed by atoms with Crippen molar-refractivity contribution in [3.8, 4) is 0 Å². The highest BCUT2D eigenvalue weighted by atomic mass is 16.5. The molecule has 1 N–H and O–H groups in total. The first-order valence-corrected chi connectivity index (χ1v) is 6.51. The molecule has 0 aliphatic rings. The lowest BCUT2D eigenvalue weighted by Crippen LogP contribution is -2.30. The molecule has 0 aromatic heterocycles. The molecule has 2 atom stereocenters. The van der Waals surface area contributed by atoms with E-state index in [0.29, 0.717) is 0 Å². The Kier molecular flexibility index (Phi) is 5.69. The van der Waals surface area contributed by atoms with Gasteiger partial charge in [-0.3, -0.25) is 4.79 Å². The number of rotatable bonds is 6. The highest BCUT2D eigenvalue weighted by Gasteiger charge is 2.20. The Bertz CT molecular complexity index is 373. The number of methoxy groups -OCH3 is 1. The van der Waals surface area contributed by atoms with Gasteiger partial charge in [-0.25, -0.2) is 0 Å². The third kappa shape index (κ3) is 4.06. The predicted octanol–water partition coefficient (Wildman–Crippen LogP) is 3.25. The van der Waals surface area contributed by atoms with Crippen molar-refractivity contribution < 1.29 is 9.53 Å². The van der Waals surface area contributed by atoms with Crippen LogP contribution in [0.1, 0.15) is 32.8 Å². The lowest BCUT2D eigenvalue weighted by atomic mass is 10.0. The zero-order valence-electron chi connectivity index (χ0n) is 11.7. The summed E-state index contributed by atoms with van der Waals surface area (Å²) in [4.78, 5) is 11.4. The molecule has 0 radical (unpaired) electrons. The van der Waals surface area contributed by atoms with Crippen LogP contribution in [0.5, 0.6) is 0 Å². The number of nitrogens with one attached hydrogen (secondary N) is 1. The molecule has 2 unspecified atom stereocenters. The van der Waals surface area contributed by atoms with E-state index in [1.165, 1.54) is 12.7 Å². The van der Waals surface area contributed by atoms with Gasteiger partial charge in [-0.1, -0.05) is 25.5 Å². The number of carbonyl (C=O) groups is 1. The number of anilines is 1. The van der Waals surface area contributed by atoms with Crippen LogP contribution in [0.4, 0.5) is 5.69 Å². The molecule has 0 spiro atoms. The molecule has 100 valence electrons. The molecule has 0 saturated heterocycles. The van der Waals surface area contributed by atoms with Gasteiger partial charge in [0.05, 0.1) is 13.0 Å². The monoisotopic (exact) mass is 249 g/mol. The van der Waals surface area contributed by atoms with Gasteiger partial charge in [0.2, 0.25) is 0 Å². The smallest absolute Gasteiger partial charge is 0.310 e. The van der Waals surface area contributed by atoms with Gasteiger partial charge in [-0.2, -0.15) is 0 Å². The topological polar surface area (TPSA) is 38.3 Å². The molecule has 3 heteroatoms. The first-order valence-electron chi connectivity index (χ1n) is 6.51. The van der Waals surface area contributed by atoms with E-state index in [-0.39, 0.29) is 17.9 Å². The average Bonchev–Trinajstić information content (AvgIpc) is 2.39. The number of aryl methyl sites for hydroxylation is 1. The Balaban J connectivity index is 2.58. The molecular formula is C15H23NO2. The molecule has 0 bridgehead atoms. The van der Waals surface area contributed by atoms with Crippen LogP contribution in [-0.4, -0.2) is 19.1 Å². The molecule has 0 aliphatic heterocycles. The van der Waals surface area contributed by atoms with Crippen LogP contribution in [0.15, 0.2) is 24.3 Å². The van der Waals surface area contributed by atoms with Crippen LogP contribution in [-0.2, 0) is 16.0 Å². The average molecular weight is 249 g/mol. The summed E-state index contributed by atoms with van der Waals surface area (Å²) in [6, 6.07) is 8.43. The van der Waals surface area contributed by atoms with E-state index in [2.05, 4.69) is 36.5 Å². The van der Waals surface area contributed by atoms with Crippen LogP contribution < -0.4 is 5.32 Å². The fraction of sp³-hybridized carbons (Fsp3) is 0.533. The number of benzene rings is 1.